The molecule has 0 aliphatic heterocycles. The van der Waals surface area contributed by atoms with Crippen molar-refractivity contribution in [1.82, 2.24) is 4.98 Å². The Labute approximate surface area is 196 Å². The van der Waals surface area contributed by atoms with Crippen LogP contribution < -0.4 is 0 Å². The van der Waals surface area contributed by atoms with E-state index in [1.165, 1.54) is 35.8 Å². The van der Waals surface area contributed by atoms with Gasteiger partial charge in [-0.25, -0.2) is 9.78 Å². The smallest absolute Gasteiger partial charge is 0.339 e. The van der Waals surface area contributed by atoms with E-state index in [9.17, 15) is 4.79 Å². The van der Waals surface area contributed by atoms with Crippen LogP contribution in [-0.2, 0) is 27.1 Å². The van der Waals surface area contributed by atoms with Crippen molar-refractivity contribution < 1.29 is 14.3 Å². The third-order valence-corrected chi connectivity index (χ3v) is 7.33. The fraction of sp³-hybridized carbons (Fsp3) is 0.440. The van der Waals surface area contributed by atoms with E-state index in [2.05, 4.69) is 28.1 Å². The summed E-state index contributed by atoms with van der Waals surface area (Å²) in [5.41, 5.74) is 4.59. The summed E-state index contributed by atoms with van der Waals surface area (Å²) in [6, 6.07) is 8.27. The summed E-state index contributed by atoms with van der Waals surface area (Å²) in [4.78, 5) is 20.4. The van der Waals surface area contributed by atoms with Gasteiger partial charge in [-0.2, -0.15) is 0 Å². The van der Waals surface area contributed by atoms with Crippen molar-refractivity contribution in [3.63, 3.8) is 0 Å². The zero-order chi connectivity index (χ0) is 22.3. The quantitative estimate of drug-likeness (QED) is 0.363. The van der Waals surface area contributed by atoms with E-state index in [1.54, 1.807) is 11.3 Å². The van der Waals surface area contributed by atoms with Gasteiger partial charge in [0, 0.05) is 31.6 Å². The molecule has 0 bridgehead atoms. The zero-order valence-electron chi connectivity index (χ0n) is 18.7. The SMILES string of the molecule is COC(=O)C(OC(C)(C)C)c1c(C)nc2sc3c(c2c1-c1ccc(Br)cc1)CCCC3. The summed E-state index contributed by atoms with van der Waals surface area (Å²) in [6.45, 7) is 7.83. The Morgan fingerprint density at radius 1 is 1.16 bits per heavy atom. The molecule has 2 heterocycles. The second-order valence-corrected chi connectivity index (χ2v) is 11.0. The largest absolute Gasteiger partial charge is 0.467 e. The highest BCUT2D eigenvalue weighted by Crippen LogP contribution is 2.46. The number of halogens is 1. The molecular formula is C25H28BrNO3S. The molecule has 4 rings (SSSR count). The molecule has 1 unspecified atom stereocenters. The lowest BCUT2D eigenvalue weighted by Gasteiger charge is -2.29. The van der Waals surface area contributed by atoms with Crippen molar-refractivity contribution >= 4 is 43.5 Å². The lowest BCUT2D eigenvalue weighted by Crippen LogP contribution is -2.29. The minimum absolute atomic E-state index is 0.401. The lowest BCUT2D eigenvalue weighted by molar-refractivity contribution is -0.164. The van der Waals surface area contributed by atoms with E-state index < -0.39 is 17.7 Å². The maximum absolute atomic E-state index is 13.0. The number of ether oxygens (including phenoxy) is 2. The van der Waals surface area contributed by atoms with Crippen LogP contribution in [0.15, 0.2) is 28.7 Å². The van der Waals surface area contributed by atoms with Gasteiger partial charge in [-0.05, 0) is 76.6 Å². The summed E-state index contributed by atoms with van der Waals surface area (Å²) in [7, 11) is 1.41. The van der Waals surface area contributed by atoms with Crippen LogP contribution in [0.2, 0.25) is 0 Å². The topological polar surface area (TPSA) is 48.4 Å². The van der Waals surface area contributed by atoms with Crippen LogP contribution in [0.25, 0.3) is 21.3 Å². The number of carbonyl (C=O) groups excluding carboxylic acids is 1. The van der Waals surface area contributed by atoms with Crippen LogP contribution in [0.5, 0.6) is 0 Å². The zero-order valence-corrected chi connectivity index (χ0v) is 21.1. The van der Waals surface area contributed by atoms with Gasteiger partial charge in [0.1, 0.15) is 4.83 Å². The molecule has 0 saturated heterocycles. The van der Waals surface area contributed by atoms with E-state index in [1.807, 2.05) is 39.8 Å². The average molecular weight is 502 g/mol. The minimum Gasteiger partial charge on any atom is -0.467 e. The minimum atomic E-state index is -0.848. The van der Waals surface area contributed by atoms with Crippen molar-refractivity contribution in [2.24, 2.45) is 0 Å². The molecule has 164 valence electrons. The molecule has 1 aliphatic carbocycles. The van der Waals surface area contributed by atoms with Gasteiger partial charge in [-0.1, -0.05) is 28.1 Å². The van der Waals surface area contributed by atoms with E-state index in [-0.39, 0.29) is 0 Å². The monoisotopic (exact) mass is 501 g/mol. The van der Waals surface area contributed by atoms with Crippen LogP contribution in [0.4, 0.5) is 0 Å². The Kier molecular flexibility index (Phi) is 6.25. The average Bonchev–Trinajstić information content (AvgIpc) is 3.08. The number of aryl methyl sites for hydroxylation is 3. The van der Waals surface area contributed by atoms with Gasteiger partial charge in [0.05, 0.1) is 12.7 Å². The van der Waals surface area contributed by atoms with Crippen LogP contribution in [0, 0.1) is 6.92 Å². The number of esters is 1. The van der Waals surface area contributed by atoms with Gasteiger partial charge < -0.3 is 9.47 Å². The third kappa shape index (κ3) is 4.43. The molecule has 0 fully saturated rings. The number of carbonyl (C=O) groups is 1. The molecular weight excluding hydrogens is 474 g/mol. The molecule has 1 aromatic carbocycles. The second-order valence-electron chi connectivity index (χ2n) is 9.02. The van der Waals surface area contributed by atoms with Crippen molar-refractivity contribution in [3.8, 4) is 11.1 Å². The number of hydrogen-bond acceptors (Lipinski definition) is 5. The number of aromatic nitrogens is 1. The molecule has 0 spiro atoms. The van der Waals surface area contributed by atoms with E-state index in [0.29, 0.717) is 0 Å². The molecule has 6 heteroatoms. The van der Waals surface area contributed by atoms with Crippen molar-refractivity contribution in [3.05, 3.63) is 50.4 Å². The first-order valence-electron chi connectivity index (χ1n) is 10.7. The predicted octanol–water partition coefficient (Wildman–Crippen LogP) is 6.94. The normalized spacial score (nSPS) is 15.0. The van der Waals surface area contributed by atoms with E-state index in [4.69, 9.17) is 14.5 Å². The molecule has 3 aromatic rings. The molecule has 31 heavy (non-hydrogen) atoms. The Bertz CT molecular complexity index is 1130. The Balaban J connectivity index is 2.08. The summed E-state index contributed by atoms with van der Waals surface area (Å²) in [5, 5.41) is 1.18. The number of thiophene rings is 1. The number of fused-ring (bicyclic) bond motifs is 3. The fourth-order valence-electron chi connectivity index (χ4n) is 4.34. The second kappa shape index (κ2) is 8.64. The van der Waals surface area contributed by atoms with Gasteiger partial charge in [0.15, 0.2) is 6.10 Å². The lowest BCUT2D eigenvalue weighted by atomic mass is 9.88. The number of rotatable bonds is 4. The van der Waals surface area contributed by atoms with Gasteiger partial charge in [0.2, 0.25) is 0 Å². The summed E-state index contributed by atoms with van der Waals surface area (Å²) >= 11 is 5.34. The number of benzene rings is 1. The number of methoxy groups -OCH3 is 1. The van der Waals surface area contributed by atoms with Crippen LogP contribution in [0.1, 0.15) is 61.4 Å². The first-order chi connectivity index (χ1) is 14.7. The van der Waals surface area contributed by atoms with Crippen LogP contribution in [-0.4, -0.2) is 23.7 Å². The Morgan fingerprint density at radius 3 is 2.48 bits per heavy atom. The Morgan fingerprint density at radius 2 is 1.84 bits per heavy atom. The highest BCUT2D eigenvalue weighted by Gasteiger charge is 2.34. The van der Waals surface area contributed by atoms with Crippen molar-refractivity contribution in [2.75, 3.05) is 7.11 Å². The fourth-order valence-corrected chi connectivity index (χ4v) is 5.92. The van der Waals surface area contributed by atoms with Crippen molar-refractivity contribution in [1.29, 1.82) is 0 Å². The van der Waals surface area contributed by atoms with E-state index in [0.717, 1.165) is 44.5 Å². The molecule has 4 nitrogen and oxygen atoms in total. The number of hydrogen-bond donors (Lipinski definition) is 0. The first kappa shape index (κ1) is 22.4. The predicted molar refractivity (Wildman–Crippen MR) is 130 cm³/mol. The van der Waals surface area contributed by atoms with Gasteiger partial charge >= 0.3 is 5.97 Å². The Hall–Kier alpha value is -1.76. The number of pyridine rings is 1. The third-order valence-electron chi connectivity index (χ3n) is 5.61. The van der Waals surface area contributed by atoms with Gasteiger partial charge in [-0.3, -0.25) is 0 Å². The molecule has 0 amide bonds. The summed E-state index contributed by atoms with van der Waals surface area (Å²) in [5.74, 6) is -0.401. The molecule has 0 radical (unpaired) electrons. The van der Waals surface area contributed by atoms with Crippen LogP contribution in [0.3, 0.4) is 0 Å². The molecule has 2 aromatic heterocycles. The summed E-state index contributed by atoms with van der Waals surface area (Å²) in [6.07, 6.45) is 3.70. The molecule has 0 saturated carbocycles. The summed E-state index contributed by atoms with van der Waals surface area (Å²) < 4.78 is 12.5. The van der Waals surface area contributed by atoms with Gasteiger partial charge in [-0.15, -0.1) is 11.3 Å². The highest BCUT2D eigenvalue weighted by atomic mass is 79.9. The van der Waals surface area contributed by atoms with Crippen molar-refractivity contribution in [2.45, 2.75) is 65.1 Å². The van der Waals surface area contributed by atoms with E-state index >= 15 is 0 Å². The highest BCUT2D eigenvalue weighted by molar-refractivity contribution is 9.10. The molecule has 1 aliphatic rings. The number of nitrogens with zero attached hydrogens (tertiary/aromatic N) is 1. The first-order valence-corrected chi connectivity index (χ1v) is 12.3. The molecule has 0 N–H and O–H groups in total. The van der Waals surface area contributed by atoms with Crippen LogP contribution >= 0.6 is 27.3 Å². The van der Waals surface area contributed by atoms with Gasteiger partial charge in [0.25, 0.3) is 0 Å². The molecule has 1 atom stereocenters. The maximum atomic E-state index is 13.0. The maximum Gasteiger partial charge on any atom is 0.339 e. The standard InChI is InChI=1S/C25H28BrNO3S/c1-14-19(22(24(28)29-5)30-25(2,3)4)20(15-10-12-16(26)13-11-15)21-17-8-6-7-9-18(17)31-23(21)27-14/h10-13,22H,6-9H2,1-5H3.